The van der Waals surface area contributed by atoms with Crippen molar-refractivity contribution in [2.24, 2.45) is 0 Å². The van der Waals surface area contributed by atoms with Gasteiger partial charge in [-0.25, -0.2) is 0 Å². The van der Waals surface area contributed by atoms with E-state index in [0.717, 1.165) is 32.3 Å². The monoisotopic (exact) mass is 341 g/mol. The van der Waals surface area contributed by atoms with Crippen LogP contribution in [-0.2, 0) is 0 Å². The Labute approximate surface area is 130 Å². The molecule has 0 amide bonds. The lowest BCUT2D eigenvalue weighted by molar-refractivity contribution is 1.50. The van der Waals surface area contributed by atoms with Crippen LogP contribution in [0.5, 0.6) is 0 Å². The van der Waals surface area contributed by atoms with E-state index in [0.29, 0.717) is 5.02 Å². The van der Waals surface area contributed by atoms with Gasteiger partial charge >= 0.3 is 0 Å². The molecule has 96 valence electrons. The predicted molar refractivity (Wildman–Crippen MR) is 87.4 cm³/mol. The van der Waals surface area contributed by atoms with E-state index in [-0.39, 0.29) is 0 Å². The summed E-state index contributed by atoms with van der Waals surface area (Å²) in [5, 5.41) is 9.78. The van der Waals surface area contributed by atoms with Crippen LogP contribution in [0.1, 0.15) is 22.3 Å². The highest BCUT2D eigenvalue weighted by Gasteiger charge is 2.18. The highest BCUT2D eigenvalue weighted by molar-refractivity contribution is 9.15. The first-order valence-electron chi connectivity index (χ1n) is 6.07. The van der Waals surface area contributed by atoms with E-state index in [1.807, 2.05) is 42.5 Å². The smallest absolute Gasteiger partial charge is 0.0918 e. The largest absolute Gasteiger partial charge is 0.193 e. The van der Waals surface area contributed by atoms with E-state index in [4.69, 9.17) is 16.9 Å². The van der Waals surface area contributed by atoms with Crippen molar-refractivity contribution in [1.82, 2.24) is 0 Å². The number of nitrogens with zero attached hydrogens (tertiary/aromatic N) is 1. The summed E-state index contributed by atoms with van der Waals surface area (Å²) < 4.78 is 0.962. The number of hydrogen-bond donors (Lipinski definition) is 0. The molecule has 0 saturated carbocycles. The maximum absolute atomic E-state index is 9.10. The highest BCUT2D eigenvalue weighted by atomic mass is 79.9. The molecule has 0 fully saturated rings. The number of rotatable bonds is 0. The van der Waals surface area contributed by atoms with Crippen LogP contribution in [0.15, 0.2) is 48.5 Å². The quantitative estimate of drug-likeness (QED) is 0.580. The van der Waals surface area contributed by atoms with E-state index in [2.05, 4.69) is 28.1 Å². The van der Waals surface area contributed by atoms with Gasteiger partial charge < -0.3 is 0 Å². The van der Waals surface area contributed by atoms with E-state index in [1.54, 1.807) is 6.08 Å². The van der Waals surface area contributed by atoms with E-state index in [1.165, 1.54) is 0 Å². The van der Waals surface area contributed by atoms with Crippen LogP contribution in [0.3, 0.4) is 0 Å². The Kier molecular flexibility index (Phi) is 3.48. The molecule has 1 aliphatic carbocycles. The molecule has 20 heavy (non-hydrogen) atoms. The molecule has 0 radical (unpaired) electrons. The molecule has 0 spiro atoms. The standard InChI is InChI=1S/C17H9BrClN/c18-17-9-11-3-1-2-4-13(11)15(7-8-20)14-6-5-12(19)10-16(14)17/h1-7,9-10H. The SMILES string of the molecule is N#CC=C1c2ccccc2C=C(Br)c2cc(Cl)ccc21. The summed E-state index contributed by atoms with van der Waals surface area (Å²) in [6, 6.07) is 15.9. The maximum Gasteiger partial charge on any atom is 0.0918 e. The second kappa shape index (κ2) is 5.28. The minimum Gasteiger partial charge on any atom is -0.193 e. The molecule has 1 aliphatic rings. The zero-order valence-corrected chi connectivity index (χ0v) is 12.7. The van der Waals surface area contributed by atoms with Crippen molar-refractivity contribution in [2.45, 2.75) is 0 Å². The molecule has 1 nitrogen and oxygen atoms in total. The van der Waals surface area contributed by atoms with Crippen LogP contribution >= 0.6 is 27.5 Å². The predicted octanol–water partition coefficient (Wildman–Crippen LogP) is 5.50. The van der Waals surface area contributed by atoms with Crippen molar-refractivity contribution in [3.63, 3.8) is 0 Å². The third kappa shape index (κ3) is 2.20. The number of nitriles is 1. The zero-order chi connectivity index (χ0) is 14.1. The molecule has 0 aliphatic heterocycles. The minimum absolute atomic E-state index is 0.677. The number of benzene rings is 2. The van der Waals surface area contributed by atoms with Gasteiger partial charge in [0.15, 0.2) is 0 Å². The molecule has 0 N–H and O–H groups in total. The fourth-order valence-electron chi connectivity index (χ4n) is 2.40. The molecule has 0 bridgehead atoms. The maximum atomic E-state index is 9.10. The molecule has 0 saturated heterocycles. The van der Waals surface area contributed by atoms with Crippen LogP contribution in [0.2, 0.25) is 5.02 Å². The summed E-state index contributed by atoms with van der Waals surface area (Å²) in [5.74, 6) is 0. The topological polar surface area (TPSA) is 23.8 Å². The summed E-state index contributed by atoms with van der Waals surface area (Å²) in [6.07, 6.45) is 3.65. The Balaban J connectivity index is 2.40. The number of fused-ring (bicyclic) bond motifs is 2. The van der Waals surface area contributed by atoms with Crippen molar-refractivity contribution >= 4 is 43.7 Å². The van der Waals surface area contributed by atoms with Crippen molar-refractivity contribution in [1.29, 1.82) is 5.26 Å². The molecule has 2 aromatic carbocycles. The van der Waals surface area contributed by atoms with Crippen LogP contribution < -0.4 is 0 Å². The van der Waals surface area contributed by atoms with Gasteiger partial charge in [-0.1, -0.05) is 57.9 Å². The van der Waals surface area contributed by atoms with Gasteiger partial charge in [0.2, 0.25) is 0 Å². The highest BCUT2D eigenvalue weighted by Crippen LogP contribution is 2.40. The molecule has 3 heteroatoms. The molecule has 0 aromatic heterocycles. The van der Waals surface area contributed by atoms with Crippen LogP contribution in [0, 0.1) is 11.3 Å². The van der Waals surface area contributed by atoms with Gasteiger partial charge in [0.25, 0.3) is 0 Å². The lowest BCUT2D eigenvalue weighted by Gasteiger charge is -2.11. The summed E-state index contributed by atoms with van der Waals surface area (Å²) in [6.45, 7) is 0. The lowest BCUT2D eigenvalue weighted by atomic mass is 9.93. The van der Waals surface area contributed by atoms with Gasteiger partial charge in [0, 0.05) is 21.2 Å². The molecular formula is C17H9BrClN. The van der Waals surface area contributed by atoms with Crippen molar-refractivity contribution in [3.8, 4) is 6.07 Å². The third-order valence-electron chi connectivity index (χ3n) is 3.27. The molecular weight excluding hydrogens is 334 g/mol. The van der Waals surface area contributed by atoms with Gasteiger partial charge in [-0.15, -0.1) is 0 Å². The number of halogens is 2. The average Bonchev–Trinajstić information content (AvgIpc) is 2.56. The van der Waals surface area contributed by atoms with Gasteiger partial charge in [-0.3, -0.25) is 0 Å². The molecule has 0 heterocycles. The Morgan fingerprint density at radius 2 is 1.85 bits per heavy atom. The van der Waals surface area contributed by atoms with Crippen LogP contribution in [0.25, 0.3) is 16.1 Å². The lowest BCUT2D eigenvalue weighted by Crippen LogP contribution is -1.92. The summed E-state index contributed by atoms with van der Waals surface area (Å²) in [4.78, 5) is 0. The van der Waals surface area contributed by atoms with Crippen molar-refractivity contribution in [2.75, 3.05) is 0 Å². The first-order valence-corrected chi connectivity index (χ1v) is 7.24. The summed E-state index contributed by atoms with van der Waals surface area (Å²) in [7, 11) is 0. The Bertz CT molecular complexity index is 797. The molecule has 3 rings (SSSR count). The Hall–Kier alpha value is -1.82. The van der Waals surface area contributed by atoms with E-state index in [9.17, 15) is 0 Å². The van der Waals surface area contributed by atoms with Gasteiger partial charge in [-0.05, 0) is 40.5 Å². The van der Waals surface area contributed by atoms with Gasteiger partial charge in [0.05, 0.1) is 6.07 Å². The second-order valence-electron chi connectivity index (χ2n) is 4.46. The Morgan fingerprint density at radius 3 is 2.65 bits per heavy atom. The molecule has 0 unspecified atom stereocenters. The van der Waals surface area contributed by atoms with E-state index < -0.39 is 0 Å². The van der Waals surface area contributed by atoms with Crippen molar-refractivity contribution in [3.05, 3.63) is 75.8 Å². The summed E-state index contributed by atoms with van der Waals surface area (Å²) in [5.41, 5.74) is 5.04. The molecule has 0 atom stereocenters. The van der Waals surface area contributed by atoms with Crippen LogP contribution in [0.4, 0.5) is 0 Å². The minimum atomic E-state index is 0.677. The van der Waals surface area contributed by atoms with Crippen molar-refractivity contribution < 1.29 is 0 Å². The van der Waals surface area contributed by atoms with Crippen LogP contribution in [-0.4, -0.2) is 0 Å². The van der Waals surface area contributed by atoms with Gasteiger partial charge in [0.1, 0.15) is 0 Å². The fraction of sp³-hybridized carbons (Fsp3) is 0. The first kappa shape index (κ1) is 13.2. The zero-order valence-electron chi connectivity index (χ0n) is 10.4. The average molecular weight is 343 g/mol. The number of hydrogen-bond acceptors (Lipinski definition) is 1. The normalized spacial score (nSPS) is 14.8. The van der Waals surface area contributed by atoms with Gasteiger partial charge in [-0.2, -0.15) is 5.26 Å². The molecule has 2 aromatic rings. The second-order valence-corrected chi connectivity index (χ2v) is 5.75. The fourth-order valence-corrected chi connectivity index (χ4v) is 3.14. The summed E-state index contributed by atoms with van der Waals surface area (Å²) >= 11 is 9.71. The third-order valence-corrected chi connectivity index (χ3v) is 4.16. The van der Waals surface area contributed by atoms with E-state index >= 15 is 0 Å². The first-order chi connectivity index (χ1) is 9.70. The number of allylic oxidation sites excluding steroid dienone is 1. The Morgan fingerprint density at radius 1 is 1.05 bits per heavy atom.